The average Bonchev–Trinajstić information content (AvgIpc) is 3.33. The summed E-state index contributed by atoms with van der Waals surface area (Å²) in [4.78, 5) is 29.0. The maximum atomic E-state index is 12.7. The number of carbonyl (C=O) groups is 2. The van der Waals surface area contributed by atoms with Crippen molar-refractivity contribution >= 4 is 11.8 Å². The third-order valence-electron chi connectivity index (χ3n) is 5.93. The molecule has 1 aromatic carbocycles. The van der Waals surface area contributed by atoms with Gasteiger partial charge in [-0.2, -0.15) is 0 Å². The molecule has 0 bridgehead atoms. The molecule has 3 aliphatic heterocycles. The number of nitrogens with one attached hydrogen (secondary N) is 1. The summed E-state index contributed by atoms with van der Waals surface area (Å²) in [5, 5.41) is 3.52. The average molecular weight is 373 g/mol. The number of amides is 2. The fourth-order valence-corrected chi connectivity index (χ4v) is 4.60. The maximum Gasteiger partial charge on any atom is 0.246 e. The fourth-order valence-electron chi connectivity index (χ4n) is 4.60. The second kappa shape index (κ2) is 7.48. The summed E-state index contributed by atoms with van der Waals surface area (Å²) < 4.78 is 10.6. The van der Waals surface area contributed by atoms with E-state index in [0.717, 1.165) is 36.3 Å². The summed E-state index contributed by atoms with van der Waals surface area (Å²) in [5.41, 5.74) is 2.14. The van der Waals surface area contributed by atoms with E-state index in [1.165, 1.54) is 0 Å². The molecule has 146 valence electrons. The first-order valence-corrected chi connectivity index (χ1v) is 9.61. The van der Waals surface area contributed by atoms with Gasteiger partial charge < -0.3 is 24.6 Å². The number of hydrogen-bond donors (Lipinski definition) is 1. The van der Waals surface area contributed by atoms with Crippen LogP contribution in [0.2, 0.25) is 0 Å². The molecule has 3 aliphatic rings. The molecule has 3 atom stereocenters. The van der Waals surface area contributed by atoms with E-state index in [9.17, 15) is 9.59 Å². The molecule has 0 aliphatic carbocycles. The molecule has 0 saturated carbocycles. The van der Waals surface area contributed by atoms with Gasteiger partial charge >= 0.3 is 0 Å². The highest BCUT2D eigenvalue weighted by molar-refractivity contribution is 5.98. The number of fused-ring (bicyclic) bond motifs is 2. The van der Waals surface area contributed by atoms with Crippen LogP contribution >= 0.6 is 0 Å². The summed E-state index contributed by atoms with van der Waals surface area (Å²) in [7, 11) is 3.32. The van der Waals surface area contributed by atoms with E-state index >= 15 is 0 Å². The number of carbonyl (C=O) groups excluding carboxylic acids is 2. The van der Waals surface area contributed by atoms with Crippen LogP contribution in [0.25, 0.3) is 0 Å². The molecule has 0 radical (unpaired) electrons. The molecule has 0 unspecified atom stereocenters. The van der Waals surface area contributed by atoms with Gasteiger partial charge in [-0.25, -0.2) is 0 Å². The molecular weight excluding hydrogens is 346 g/mol. The Morgan fingerprint density at radius 2 is 1.96 bits per heavy atom. The number of ether oxygens (including phenoxy) is 2. The lowest BCUT2D eigenvalue weighted by molar-refractivity contribution is -0.156. The summed E-state index contributed by atoms with van der Waals surface area (Å²) in [5.74, 6) is 1.08. The van der Waals surface area contributed by atoms with Crippen molar-refractivity contribution in [3.8, 4) is 5.75 Å². The highest BCUT2D eigenvalue weighted by atomic mass is 16.5. The fraction of sp³-hybridized carbons (Fsp3) is 0.600. The quantitative estimate of drug-likeness (QED) is 0.802. The van der Waals surface area contributed by atoms with Gasteiger partial charge in [-0.1, -0.05) is 6.07 Å². The van der Waals surface area contributed by atoms with E-state index in [2.05, 4.69) is 11.4 Å². The minimum atomic E-state index is -0.288. The third kappa shape index (κ3) is 3.30. The van der Waals surface area contributed by atoms with Crippen LogP contribution < -0.4 is 10.1 Å². The zero-order valence-electron chi connectivity index (χ0n) is 15.9. The van der Waals surface area contributed by atoms with Gasteiger partial charge in [0, 0.05) is 38.3 Å². The summed E-state index contributed by atoms with van der Waals surface area (Å²) in [6.45, 7) is 2.52. The first-order valence-electron chi connectivity index (χ1n) is 9.61. The van der Waals surface area contributed by atoms with Gasteiger partial charge in [0.05, 0.1) is 13.7 Å². The zero-order chi connectivity index (χ0) is 19.0. The summed E-state index contributed by atoms with van der Waals surface area (Å²) in [6.07, 6.45) is 2.43. The van der Waals surface area contributed by atoms with Crippen LogP contribution in [0, 0.1) is 0 Å². The highest BCUT2D eigenvalue weighted by Gasteiger charge is 2.51. The first-order chi connectivity index (χ1) is 13.1. The predicted octanol–water partition coefficient (Wildman–Crippen LogP) is 0.905. The Morgan fingerprint density at radius 1 is 1.15 bits per heavy atom. The van der Waals surface area contributed by atoms with Gasteiger partial charge in [0.25, 0.3) is 0 Å². The minimum Gasteiger partial charge on any atom is -0.496 e. The van der Waals surface area contributed by atoms with Crippen LogP contribution in [0.15, 0.2) is 18.2 Å². The van der Waals surface area contributed by atoms with E-state index in [-0.39, 0.29) is 29.9 Å². The van der Waals surface area contributed by atoms with Crippen LogP contribution in [0.4, 0.5) is 0 Å². The Bertz CT molecular complexity index is 708. The van der Waals surface area contributed by atoms with E-state index in [1.54, 1.807) is 24.0 Å². The Kier molecular flexibility index (Phi) is 5.06. The predicted molar refractivity (Wildman–Crippen MR) is 99.2 cm³/mol. The van der Waals surface area contributed by atoms with Crippen molar-refractivity contribution in [2.75, 3.05) is 27.3 Å². The number of nitrogens with zero attached hydrogens (tertiary/aromatic N) is 2. The van der Waals surface area contributed by atoms with Crippen molar-refractivity contribution in [2.24, 2.45) is 0 Å². The van der Waals surface area contributed by atoms with Crippen molar-refractivity contribution in [1.29, 1.82) is 0 Å². The molecule has 7 nitrogen and oxygen atoms in total. The molecule has 27 heavy (non-hydrogen) atoms. The Labute approximate surface area is 159 Å². The largest absolute Gasteiger partial charge is 0.496 e. The Hall–Kier alpha value is -2.12. The van der Waals surface area contributed by atoms with Crippen molar-refractivity contribution < 1.29 is 19.1 Å². The second-order valence-electron chi connectivity index (χ2n) is 7.59. The molecule has 2 amide bonds. The standard InChI is InChI=1S/C20H27N3O4/c1-26-12-14-8-13(5-6-18(14)27-2)10-21-15-9-17-20(25)22-7-3-4-16(22)19(24)23(17)11-15/h5-6,8,15-17,21H,3-4,7,9-12H2,1-2H3/t15-,16-,17-/m0/s1. The van der Waals surface area contributed by atoms with Gasteiger partial charge in [0.15, 0.2) is 0 Å². The SMILES string of the molecule is COCc1cc(CN[C@H]2C[C@H]3C(=O)N4CCC[C@H]4C(=O)N3C2)ccc1OC. The highest BCUT2D eigenvalue weighted by Crippen LogP contribution is 2.32. The molecule has 0 aromatic heterocycles. The van der Waals surface area contributed by atoms with E-state index < -0.39 is 0 Å². The second-order valence-corrected chi connectivity index (χ2v) is 7.59. The van der Waals surface area contributed by atoms with Crippen molar-refractivity contribution in [3.05, 3.63) is 29.3 Å². The third-order valence-corrected chi connectivity index (χ3v) is 5.93. The maximum absolute atomic E-state index is 12.7. The summed E-state index contributed by atoms with van der Waals surface area (Å²) >= 11 is 0. The van der Waals surface area contributed by atoms with Crippen molar-refractivity contribution in [2.45, 2.75) is 50.5 Å². The van der Waals surface area contributed by atoms with Gasteiger partial charge in [0.2, 0.25) is 11.8 Å². The van der Waals surface area contributed by atoms with Crippen molar-refractivity contribution in [3.63, 3.8) is 0 Å². The number of methoxy groups -OCH3 is 2. The minimum absolute atomic E-state index is 0.133. The molecule has 3 fully saturated rings. The molecule has 4 rings (SSSR count). The normalized spacial score (nSPS) is 27.1. The van der Waals surface area contributed by atoms with Crippen LogP contribution in [-0.4, -0.2) is 67.0 Å². The van der Waals surface area contributed by atoms with E-state index in [4.69, 9.17) is 9.47 Å². The van der Waals surface area contributed by atoms with Gasteiger partial charge in [-0.05, 0) is 37.0 Å². The number of benzene rings is 1. The first kappa shape index (κ1) is 18.3. The lowest BCUT2D eigenvalue weighted by atomic mass is 10.1. The summed E-state index contributed by atoms with van der Waals surface area (Å²) in [6, 6.07) is 5.68. The molecule has 7 heteroatoms. The van der Waals surface area contributed by atoms with Crippen LogP contribution in [-0.2, 0) is 27.5 Å². The molecule has 0 spiro atoms. The Morgan fingerprint density at radius 3 is 2.74 bits per heavy atom. The lowest BCUT2D eigenvalue weighted by Gasteiger charge is -2.38. The molecule has 3 heterocycles. The van der Waals surface area contributed by atoms with Crippen LogP contribution in [0.3, 0.4) is 0 Å². The lowest BCUT2D eigenvalue weighted by Crippen LogP contribution is -2.60. The molecule has 3 saturated heterocycles. The van der Waals surface area contributed by atoms with Gasteiger partial charge in [-0.15, -0.1) is 0 Å². The smallest absolute Gasteiger partial charge is 0.246 e. The van der Waals surface area contributed by atoms with Gasteiger partial charge in [-0.3, -0.25) is 9.59 Å². The molecule has 1 aromatic rings. The number of hydrogen-bond acceptors (Lipinski definition) is 5. The molecule has 1 N–H and O–H groups in total. The Balaban J connectivity index is 1.40. The van der Waals surface area contributed by atoms with Crippen LogP contribution in [0.1, 0.15) is 30.4 Å². The van der Waals surface area contributed by atoms with E-state index in [0.29, 0.717) is 26.1 Å². The van der Waals surface area contributed by atoms with Crippen molar-refractivity contribution in [1.82, 2.24) is 15.1 Å². The number of rotatable bonds is 6. The number of piperazine rings is 1. The van der Waals surface area contributed by atoms with E-state index in [1.807, 2.05) is 12.1 Å². The monoisotopic (exact) mass is 373 g/mol. The van der Waals surface area contributed by atoms with Gasteiger partial charge in [0.1, 0.15) is 17.8 Å². The topological polar surface area (TPSA) is 71.1 Å². The zero-order valence-corrected chi connectivity index (χ0v) is 15.9. The van der Waals surface area contributed by atoms with Crippen LogP contribution in [0.5, 0.6) is 5.75 Å². The molecular formula is C20H27N3O4.